The summed E-state index contributed by atoms with van der Waals surface area (Å²) in [6.07, 6.45) is 3.73. The normalized spacial score (nSPS) is 15.6. The van der Waals surface area contributed by atoms with Crippen molar-refractivity contribution < 1.29 is 13.2 Å². The molecule has 0 saturated heterocycles. The number of aromatic nitrogens is 3. The molecule has 1 fully saturated rings. The summed E-state index contributed by atoms with van der Waals surface area (Å²) in [6.45, 7) is 1.78. The van der Waals surface area contributed by atoms with Crippen LogP contribution in [0.3, 0.4) is 0 Å². The number of aryl methyl sites for hydroxylation is 1. The van der Waals surface area contributed by atoms with Gasteiger partial charge < -0.3 is 5.32 Å². The lowest BCUT2D eigenvalue weighted by Gasteiger charge is -2.17. The summed E-state index contributed by atoms with van der Waals surface area (Å²) < 4.78 is 28.3. The fourth-order valence-electron chi connectivity index (χ4n) is 3.78. The standard InChI is InChI=1S/C22H25N5O3S/c1-15-23-21(26-25-15)20(16-8-3-2-4-9-16)24-22(28)17-10-7-13-19(14-17)31(29,30)27-18-11-5-6-12-18/h2-4,7-10,13-14,18,20,27H,5-6,11-12H2,1H3,(H,24,28)(H,23,25,26). The monoisotopic (exact) mass is 439 g/mol. The topological polar surface area (TPSA) is 117 Å². The van der Waals surface area contributed by atoms with Gasteiger partial charge in [-0.25, -0.2) is 18.1 Å². The van der Waals surface area contributed by atoms with Crippen LogP contribution < -0.4 is 10.0 Å². The van der Waals surface area contributed by atoms with E-state index in [1.807, 2.05) is 30.3 Å². The Bertz CT molecular complexity index is 1150. The maximum atomic E-state index is 13.0. The molecule has 0 aliphatic heterocycles. The maximum Gasteiger partial charge on any atom is 0.252 e. The van der Waals surface area contributed by atoms with Gasteiger partial charge in [0, 0.05) is 11.6 Å². The van der Waals surface area contributed by atoms with E-state index in [0.717, 1.165) is 31.2 Å². The van der Waals surface area contributed by atoms with Crippen LogP contribution in [0.25, 0.3) is 0 Å². The van der Waals surface area contributed by atoms with Gasteiger partial charge in [0.05, 0.1) is 4.90 Å². The van der Waals surface area contributed by atoms with E-state index in [1.165, 1.54) is 12.1 Å². The van der Waals surface area contributed by atoms with Crippen LogP contribution in [0.2, 0.25) is 0 Å². The van der Waals surface area contributed by atoms with Gasteiger partial charge in [-0.15, -0.1) is 0 Å². The molecule has 0 radical (unpaired) electrons. The second-order valence-electron chi connectivity index (χ2n) is 7.73. The lowest BCUT2D eigenvalue weighted by molar-refractivity contribution is 0.0941. The molecular weight excluding hydrogens is 414 g/mol. The van der Waals surface area contributed by atoms with Crippen LogP contribution in [-0.2, 0) is 10.0 Å². The van der Waals surface area contributed by atoms with E-state index in [1.54, 1.807) is 19.1 Å². The van der Waals surface area contributed by atoms with Crippen LogP contribution in [0.15, 0.2) is 59.5 Å². The molecule has 0 spiro atoms. The highest BCUT2D eigenvalue weighted by Gasteiger charge is 2.25. The summed E-state index contributed by atoms with van der Waals surface area (Å²) in [5.41, 5.74) is 1.07. The predicted octanol–water partition coefficient (Wildman–Crippen LogP) is 2.85. The number of rotatable bonds is 7. The highest BCUT2D eigenvalue weighted by atomic mass is 32.2. The molecule has 1 atom stereocenters. The molecule has 8 nitrogen and oxygen atoms in total. The molecule has 31 heavy (non-hydrogen) atoms. The van der Waals surface area contributed by atoms with E-state index < -0.39 is 22.0 Å². The Kier molecular flexibility index (Phi) is 6.15. The molecule has 3 aromatic rings. The quantitative estimate of drug-likeness (QED) is 0.523. The van der Waals surface area contributed by atoms with Crippen LogP contribution in [0.1, 0.15) is 59.3 Å². The van der Waals surface area contributed by atoms with Crippen LogP contribution >= 0.6 is 0 Å². The SMILES string of the molecule is Cc1nc(C(NC(=O)c2cccc(S(=O)(=O)NC3CCCC3)c2)c2ccccc2)n[nH]1. The van der Waals surface area contributed by atoms with E-state index in [0.29, 0.717) is 11.6 Å². The highest BCUT2D eigenvalue weighted by Crippen LogP contribution is 2.22. The Morgan fingerprint density at radius 1 is 1.10 bits per heavy atom. The first-order valence-electron chi connectivity index (χ1n) is 10.3. The Morgan fingerprint density at radius 3 is 2.52 bits per heavy atom. The summed E-state index contributed by atoms with van der Waals surface area (Å²) in [4.78, 5) is 17.5. The van der Waals surface area contributed by atoms with Gasteiger partial charge in [0.25, 0.3) is 5.91 Å². The Balaban J connectivity index is 1.57. The van der Waals surface area contributed by atoms with Crippen LogP contribution in [0, 0.1) is 6.92 Å². The van der Waals surface area contributed by atoms with Crippen molar-refractivity contribution in [1.82, 2.24) is 25.2 Å². The molecule has 2 aromatic carbocycles. The van der Waals surface area contributed by atoms with Crippen molar-refractivity contribution in [2.75, 3.05) is 0 Å². The number of carbonyl (C=O) groups is 1. The number of nitrogens with one attached hydrogen (secondary N) is 3. The molecule has 1 unspecified atom stereocenters. The van der Waals surface area contributed by atoms with Crippen molar-refractivity contribution in [3.63, 3.8) is 0 Å². The van der Waals surface area contributed by atoms with Crippen LogP contribution in [0.5, 0.6) is 0 Å². The van der Waals surface area contributed by atoms with Gasteiger partial charge in [0.15, 0.2) is 5.82 Å². The smallest absolute Gasteiger partial charge is 0.252 e. The number of amides is 1. The number of nitrogens with zero attached hydrogens (tertiary/aromatic N) is 2. The molecule has 1 amide bonds. The number of aromatic amines is 1. The molecule has 1 aliphatic rings. The van der Waals surface area contributed by atoms with Crippen molar-refractivity contribution in [2.45, 2.75) is 49.6 Å². The summed E-state index contributed by atoms with van der Waals surface area (Å²) in [5.74, 6) is 0.661. The lowest BCUT2D eigenvalue weighted by atomic mass is 10.1. The third-order valence-corrected chi connectivity index (χ3v) is 6.88. The van der Waals surface area contributed by atoms with E-state index in [4.69, 9.17) is 0 Å². The fourth-order valence-corrected chi connectivity index (χ4v) is 5.13. The largest absolute Gasteiger partial charge is 0.338 e. The number of hydrogen-bond acceptors (Lipinski definition) is 5. The second kappa shape index (κ2) is 8.99. The Labute approximate surface area is 181 Å². The van der Waals surface area contributed by atoms with Gasteiger partial charge in [-0.2, -0.15) is 5.10 Å². The lowest BCUT2D eigenvalue weighted by Crippen LogP contribution is -2.33. The van der Waals surface area contributed by atoms with Crippen molar-refractivity contribution in [2.24, 2.45) is 0 Å². The van der Waals surface area contributed by atoms with Crippen molar-refractivity contribution in [1.29, 1.82) is 0 Å². The Morgan fingerprint density at radius 2 is 1.84 bits per heavy atom. The maximum absolute atomic E-state index is 13.0. The fraction of sp³-hybridized carbons (Fsp3) is 0.318. The third-order valence-electron chi connectivity index (χ3n) is 5.36. The summed E-state index contributed by atoms with van der Waals surface area (Å²) in [6, 6.07) is 14.8. The zero-order chi connectivity index (χ0) is 21.8. The average Bonchev–Trinajstić information content (AvgIpc) is 3.44. The van der Waals surface area contributed by atoms with Crippen LogP contribution in [0.4, 0.5) is 0 Å². The van der Waals surface area contributed by atoms with Gasteiger partial charge in [-0.1, -0.05) is 49.2 Å². The van der Waals surface area contributed by atoms with E-state index in [9.17, 15) is 13.2 Å². The molecule has 1 aromatic heterocycles. The molecular formula is C22H25N5O3S. The molecule has 3 N–H and O–H groups in total. The summed E-state index contributed by atoms with van der Waals surface area (Å²) >= 11 is 0. The second-order valence-corrected chi connectivity index (χ2v) is 9.44. The molecule has 162 valence electrons. The summed E-state index contributed by atoms with van der Waals surface area (Å²) in [7, 11) is -3.69. The number of hydrogen-bond donors (Lipinski definition) is 3. The average molecular weight is 440 g/mol. The van der Waals surface area contributed by atoms with Crippen LogP contribution in [-0.4, -0.2) is 35.5 Å². The van der Waals surface area contributed by atoms with Gasteiger partial charge in [0.2, 0.25) is 10.0 Å². The van der Waals surface area contributed by atoms with E-state index in [-0.39, 0.29) is 16.5 Å². The van der Waals surface area contributed by atoms with Gasteiger partial charge in [-0.05, 0) is 43.5 Å². The first kappa shape index (κ1) is 21.2. The number of carbonyl (C=O) groups excluding carboxylic acids is 1. The zero-order valence-corrected chi connectivity index (χ0v) is 18.0. The first-order chi connectivity index (χ1) is 14.9. The minimum atomic E-state index is -3.69. The number of H-pyrrole nitrogens is 1. The van der Waals surface area contributed by atoms with Crippen molar-refractivity contribution in [3.8, 4) is 0 Å². The van der Waals surface area contributed by atoms with Gasteiger partial charge >= 0.3 is 0 Å². The van der Waals surface area contributed by atoms with E-state index in [2.05, 4.69) is 25.2 Å². The molecule has 4 rings (SSSR count). The van der Waals surface area contributed by atoms with E-state index >= 15 is 0 Å². The molecule has 9 heteroatoms. The number of sulfonamides is 1. The molecule has 1 heterocycles. The summed E-state index contributed by atoms with van der Waals surface area (Å²) in [5, 5.41) is 9.92. The number of benzene rings is 2. The highest BCUT2D eigenvalue weighted by molar-refractivity contribution is 7.89. The minimum absolute atomic E-state index is 0.0427. The first-order valence-corrected chi connectivity index (χ1v) is 11.8. The minimum Gasteiger partial charge on any atom is -0.338 e. The van der Waals surface area contributed by atoms with Gasteiger partial charge in [-0.3, -0.25) is 9.89 Å². The molecule has 1 saturated carbocycles. The van der Waals surface area contributed by atoms with Crippen molar-refractivity contribution >= 4 is 15.9 Å². The molecule has 1 aliphatic carbocycles. The Hall–Kier alpha value is -3.04. The predicted molar refractivity (Wildman–Crippen MR) is 116 cm³/mol. The van der Waals surface area contributed by atoms with Gasteiger partial charge in [0.1, 0.15) is 11.9 Å². The van der Waals surface area contributed by atoms with Crippen molar-refractivity contribution in [3.05, 3.63) is 77.4 Å². The zero-order valence-electron chi connectivity index (χ0n) is 17.2. The molecule has 0 bridgehead atoms. The third kappa shape index (κ3) is 5.00.